The zero-order valence-electron chi connectivity index (χ0n) is 5.76. The Morgan fingerprint density at radius 2 is 2.44 bits per heavy atom. The largest absolute Gasteiger partial charge is 0.310 e. The van der Waals surface area contributed by atoms with Crippen LogP contribution in [0.2, 0.25) is 0 Å². The van der Waals surface area contributed by atoms with Crippen LogP contribution in [0.5, 0.6) is 0 Å². The first-order valence-electron chi connectivity index (χ1n) is 2.96. The first kappa shape index (κ1) is 6.51. The van der Waals surface area contributed by atoms with Crippen LogP contribution < -0.4 is 10.9 Å². The van der Waals surface area contributed by atoms with Gasteiger partial charge in [0.15, 0.2) is 0 Å². The van der Waals surface area contributed by atoms with Crippen molar-refractivity contribution in [1.82, 2.24) is 15.8 Å². The lowest BCUT2D eigenvalue weighted by atomic mass is 10.5. The number of hydrazine groups is 1. The molecule has 0 radical (unpaired) electrons. The first-order chi connectivity index (χ1) is 4.29. The monoisotopic (exact) mass is 128 g/mol. The molecule has 0 fully saturated rings. The molecule has 1 atom stereocenters. The van der Waals surface area contributed by atoms with E-state index in [1.54, 1.807) is 6.34 Å². The van der Waals surface area contributed by atoms with Gasteiger partial charge in [-0.05, 0) is 14.1 Å². The van der Waals surface area contributed by atoms with E-state index < -0.39 is 0 Å². The van der Waals surface area contributed by atoms with Crippen molar-refractivity contribution in [1.29, 1.82) is 0 Å². The number of likely N-dealkylation sites (N-methyl/N-ethyl adjacent to an activating group) is 1. The SMILES string of the molecule is CN(C)CC1N=CNN1. The molecule has 2 N–H and O–H groups in total. The summed E-state index contributed by atoms with van der Waals surface area (Å²) >= 11 is 0. The Morgan fingerprint density at radius 3 is 2.89 bits per heavy atom. The van der Waals surface area contributed by atoms with E-state index in [1.165, 1.54) is 0 Å². The maximum atomic E-state index is 4.09. The highest BCUT2D eigenvalue weighted by atomic mass is 15.5. The number of hydrogen-bond donors (Lipinski definition) is 2. The number of rotatable bonds is 2. The van der Waals surface area contributed by atoms with E-state index in [4.69, 9.17) is 0 Å². The van der Waals surface area contributed by atoms with Gasteiger partial charge in [-0.25, -0.2) is 5.43 Å². The zero-order valence-corrected chi connectivity index (χ0v) is 5.76. The maximum absolute atomic E-state index is 4.09. The van der Waals surface area contributed by atoms with Gasteiger partial charge in [-0.2, -0.15) is 0 Å². The summed E-state index contributed by atoms with van der Waals surface area (Å²) < 4.78 is 0. The Morgan fingerprint density at radius 1 is 1.67 bits per heavy atom. The minimum absolute atomic E-state index is 0.222. The van der Waals surface area contributed by atoms with Gasteiger partial charge in [0.25, 0.3) is 0 Å². The Hall–Kier alpha value is -0.610. The first-order valence-corrected chi connectivity index (χ1v) is 2.96. The second-order valence-electron chi connectivity index (χ2n) is 2.34. The zero-order chi connectivity index (χ0) is 6.69. The molecule has 4 heteroatoms. The summed E-state index contributed by atoms with van der Waals surface area (Å²) in [6, 6.07) is 0. The van der Waals surface area contributed by atoms with Crippen molar-refractivity contribution in [2.75, 3.05) is 20.6 Å². The molecule has 1 aliphatic heterocycles. The minimum atomic E-state index is 0.222. The minimum Gasteiger partial charge on any atom is -0.310 e. The van der Waals surface area contributed by atoms with E-state index in [0.717, 1.165) is 6.54 Å². The van der Waals surface area contributed by atoms with Gasteiger partial charge < -0.3 is 10.3 Å². The van der Waals surface area contributed by atoms with E-state index in [2.05, 4.69) is 20.7 Å². The van der Waals surface area contributed by atoms with Crippen LogP contribution in [0.15, 0.2) is 4.99 Å². The van der Waals surface area contributed by atoms with Gasteiger partial charge in [-0.15, -0.1) is 0 Å². The lowest BCUT2D eigenvalue weighted by Gasteiger charge is -2.12. The number of hydrogen-bond acceptors (Lipinski definition) is 4. The number of aliphatic imine (C=N–C) groups is 1. The molecule has 1 aliphatic rings. The molecule has 1 heterocycles. The van der Waals surface area contributed by atoms with Gasteiger partial charge in [0.1, 0.15) is 6.17 Å². The molecule has 0 saturated heterocycles. The van der Waals surface area contributed by atoms with Gasteiger partial charge in [-0.1, -0.05) is 0 Å². The fraction of sp³-hybridized carbons (Fsp3) is 0.800. The summed E-state index contributed by atoms with van der Waals surface area (Å²) in [6.07, 6.45) is 1.90. The number of nitrogens with one attached hydrogen (secondary N) is 2. The summed E-state index contributed by atoms with van der Waals surface area (Å²) in [5, 5.41) is 0. The molecule has 1 unspecified atom stereocenters. The average molecular weight is 128 g/mol. The van der Waals surface area contributed by atoms with E-state index in [9.17, 15) is 0 Å². The molecule has 0 spiro atoms. The van der Waals surface area contributed by atoms with Crippen LogP contribution in [0.1, 0.15) is 0 Å². The van der Waals surface area contributed by atoms with Crippen molar-refractivity contribution in [3.05, 3.63) is 0 Å². The predicted octanol–water partition coefficient (Wildman–Crippen LogP) is -0.990. The van der Waals surface area contributed by atoms with Crippen LogP contribution >= 0.6 is 0 Å². The summed E-state index contributed by atoms with van der Waals surface area (Å²) in [6.45, 7) is 0.934. The summed E-state index contributed by atoms with van der Waals surface area (Å²) in [4.78, 5) is 6.17. The normalized spacial score (nSPS) is 25.0. The van der Waals surface area contributed by atoms with Crippen molar-refractivity contribution >= 4 is 6.34 Å². The van der Waals surface area contributed by atoms with Crippen molar-refractivity contribution < 1.29 is 0 Å². The molecular weight excluding hydrogens is 116 g/mol. The Balaban J connectivity index is 2.20. The highest BCUT2D eigenvalue weighted by Crippen LogP contribution is 1.88. The highest BCUT2D eigenvalue weighted by molar-refractivity contribution is 5.55. The molecule has 52 valence electrons. The molecule has 0 aromatic heterocycles. The van der Waals surface area contributed by atoms with Crippen LogP contribution in [0.3, 0.4) is 0 Å². The Kier molecular flexibility index (Phi) is 2.02. The van der Waals surface area contributed by atoms with E-state index in [0.29, 0.717) is 0 Å². The van der Waals surface area contributed by atoms with Gasteiger partial charge in [0, 0.05) is 6.54 Å². The summed E-state index contributed by atoms with van der Waals surface area (Å²) in [7, 11) is 4.05. The van der Waals surface area contributed by atoms with Crippen molar-refractivity contribution in [3.63, 3.8) is 0 Å². The van der Waals surface area contributed by atoms with E-state index in [-0.39, 0.29) is 6.17 Å². The van der Waals surface area contributed by atoms with Crippen molar-refractivity contribution in [3.8, 4) is 0 Å². The topological polar surface area (TPSA) is 39.7 Å². The second-order valence-corrected chi connectivity index (χ2v) is 2.34. The van der Waals surface area contributed by atoms with E-state index in [1.807, 2.05) is 14.1 Å². The van der Waals surface area contributed by atoms with Gasteiger partial charge >= 0.3 is 0 Å². The van der Waals surface area contributed by atoms with Crippen LogP contribution in [-0.4, -0.2) is 38.0 Å². The molecule has 0 saturated carbocycles. The lowest BCUT2D eigenvalue weighted by molar-refractivity contribution is 0.348. The molecule has 0 bridgehead atoms. The maximum Gasteiger partial charge on any atom is 0.130 e. The van der Waals surface area contributed by atoms with Crippen LogP contribution in [0, 0.1) is 0 Å². The van der Waals surface area contributed by atoms with Gasteiger partial charge in [0.2, 0.25) is 0 Å². The molecule has 0 amide bonds. The quantitative estimate of drug-likeness (QED) is 0.501. The molecular formula is C5H12N4. The predicted molar refractivity (Wildman–Crippen MR) is 37.1 cm³/mol. The molecule has 1 rings (SSSR count). The smallest absolute Gasteiger partial charge is 0.130 e. The third kappa shape index (κ3) is 1.99. The third-order valence-corrected chi connectivity index (χ3v) is 1.11. The summed E-state index contributed by atoms with van der Waals surface area (Å²) in [5.41, 5.74) is 5.78. The lowest BCUT2D eigenvalue weighted by Crippen LogP contribution is -2.38. The molecule has 9 heavy (non-hydrogen) atoms. The third-order valence-electron chi connectivity index (χ3n) is 1.11. The average Bonchev–Trinajstić information content (AvgIpc) is 2.15. The van der Waals surface area contributed by atoms with Gasteiger partial charge in [-0.3, -0.25) is 4.99 Å². The fourth-order valence-electron chi connectivity index (χ4n) is 0.737. The van der Waals surface area contributed by atoms with Crippen LogP contribution in [0.4, 0.5) is 0 Å². The molecule has 0 aromatic rings. The second kappa shape index (κ2) is 2.80. The van der Waals surface area contributed by atoms with E-state index >= 15 is 0 Å². The molecule has 0 aliphatic carbocycles. The van der Waals surface area contributed by atoms with Crippen LogP contribution in [-0.2, 0) is 0 Å². The highest BCUT2D eigenvalue weighted by Gasteiger charge is 2.08. The Bertz CT molecular complexity index is 110. The molecule has 0 aromatic carbocycles. The summed E-state index contributed by atoms with van der Waals surface area (Å²) in [5.74, 6) is 0. The van der Waals surface area contributed by atoms with Crippen LogP contribution in [0.25, 0.3) is 0 Å². The van der Waals surface area contributed by atoms with Crippen molar-refractivity contribution in [2.24, 2.45) is 4.99 Å². The molecule has 4 nitrogen and oxygen atoms in total. The van der Waals surface area contributed by atoms with Gasteiger partial charge in [0.05, 0.1) is 6.34 Å². The van der Waals surface area contributed by atoms with Crippen molar-refractivity contribution in [2.45, 2.75) is 6.17 Å². The standard InChI is InChI=1S/C5H12N4/c1-9(2)3-5-6-4-7-8-5/h4-5,8H,3H2,1-2H3,(H,6,7). The Labute approximate surface area is 54.9 Å². The fourth-order valence-corrected chi connectivity index (χ4v) is 0.737. The number of nitrogens with zero attached hydrogens (tertiary/aromatic N) is 2.